The molecule has 230 valence electrons. The van der Waals surface area contributed by atoms with Crippen molar-refractivity contribution in [2.24, 2.45) is 0 Å². The van der Waals surface area contributed by atoms with Crippen molar-refractivity contribution in [1.29, 1.82) is 0 Å². The van der Waals surface area contributed by atoms with E-state index in [4.69, 9.17) is 0 Å². The van der Waals surface area contributed by atoms with Gasteiger partial charge in [0.15, 0.2) is 0 Å². The summed E-state index contributed by atoms with van der Waals surface area (Å²) in [6, 6.07) is 9.45. The zero-order valence-electron chi connectivity index (χ0n) is 27.8. The largest absolute Gasteiger partial charge is 0.337 e. The van der Waals surface area contributed by atoms with Crippen molar-refractivity contribution in [3.8, 4) is 0 Å². The molecule has 0 atom stereocenters. The first kappa shape index (κ1) is 32.1. The molecule has 0 spiro atoms. The van der Waals surface area contributed by atoms with Crippen LogP contribution < -0.4 is 16.0 Å². The highest BCUT2D eigenvalue weighted by Crippen LogP contribution is 2.56. The molecule has 2 aliphatic rings. The molecule has 0 radical (unpaired) electrons. The Hall–Kier alpha value is -2.86. The van der Waals surface area contributed by atoms with E-state index in [1.54, 1.807) is 24.3 Å². The fraction of sp³-hybridized carbons (Fsp3) is 0.611. The lowest BCUT2D eigenvalue weighted by Crippen LogP contribution is -2.41. The summed E-state index contributed by atoms with van der Waals surface area (Å²) in [7, 11) is 0. The van der Waals surface area contributed by atoms with Gasteiger partial charge in [0.05, 0.1) is 0 Å². The highest BCUT2D eigenvalue weighted by atomic mass is 16.2. The third-order valence-electron chi connectivity index (χ3n) is 10.1. The van der Waals surface area contributed by atoms with E-state index in [0.717, 1.165) is 51.0 Å². The summed E-state index contributed by atoms with van der Waals surface area (Å²) in [6.07, 6.45) is 4.41. The van der Waals surface area contributed by atoms with E-state index in [1.165, 1.54) is 22.3 Å². The van der Waals surface area contributed by atoms with E-state index in [2.05, 4.69) is 96.2 Å². The van der Waals surface area contributed by atoms with E-state index < -0.39 is 0 Å². The SMILES string of the molecule is CCN(CC)CCNC(=O)Nc1ccc(C(=O)Nc2c3c(cc4c2C(C)(C)CCC4(C)C)C(C)(C)CCC3(C)C)cc1. The molecule has 0 bridgehead atoms. The van der Waals surface area contributed by atoms with Gasteiger partial charge in [-0.15, -0.1) is 0 Å². The van der Waals surface area contributed by atoms with Gasteiger partial charge >= 0.3 is 6.03 Å². The van der Waals surface area contributed by atoms with Gasteiger partial charge < -0.3 is 20.9 Å². The van der Waals surface area contributed by atoms with Crippen molar-refractivity contribution >= 4 is 23.3 Å². The number of benzene rings is 2. The first-order valence-electron chi connectivity index (χ1n) is 15.9. The Balaban J connectivity index is 1.64. The van der Waals surface area contributed by atoms with Crippen LogP contribution in [0.25, 0.3) is 0 Å². The zero-order chi connectivity index (χ0) is 31.1. The van der Waals surface area contributed by atoms with E-state index in [1.807, 2.05) is 0 Å². The minimum atomic E-state index is -0.239. The van der Waals surface area contributed by atoms with Crippen molar-refractivity contribution in [3.63, 3.8) is 0 Å². The summed E-state index contributed by atoms with van der Waals surface area (Å²) in [6.45, 7) is 26.3. The number of hydrogen-bond donors (Lipinski definition) is 3. The molecule has 6 nitrogen and oxygen atoms in total. The maximum atomic E-state index is 13.9. The standard InChI is InChI=1S/C36H54N4O2/c1-11-40(12-2)22-21-37-32(42)38-25-15-13-24(14-16-25)31(41)39-30-28-26(33(3,4)17-19-35(28,7)8)23-27-29(30)36(9,10)20-18-34(27,5)6/h13-16,23H,11-12,17-22H2,1-10H3,(H,39,41)(H2,37,38,42). The van der Waals surface area contributed by atoms with Crippen molar-refractivity contribution in [2.75, 3.05) is 36.8 Å². The topological polar surface area (TPSA) is 73.5 Å². The fourth-order valence-corrected chi connectivity index (χ4v) is 6.98. The number of likely N-dealkylation sites (N-methyl/N-ethyl adjacent to an activating group) is 1. The van der Waals surface area contributed by atoms with Crippen LogP contribution in [0.3, 0.4) is 0 Å². The molecule has 0 saturated heterocycles. The van der Waals surface area contributed by atoms with Crippen molar-refractivity contribution in [1.82, 2.24) is 10.2 Å². The predicted octanol–water partition coefficient (Wildman–Crippen LogP) is 8.10. The van der Waals surface area contributed by atoms with Gasteiger partial charge in [-0.2, -0.15) is 0 Å². The lowest BCUT2D eigenvalue weighted by atomic mass is 9.56. The van der Waals surface area contributed by atoms with Crippen LogP contribution in [0, 0.1) is 0 Å². The monoisotopic (exact) mass is 574 g/mol. The number of carbonyl (C=O) groups is 2. The Morgan fingerprint density at radius 1 is 0.714 bits per heavy atom. The molecule has 0 unspecified atom stereocenters. The average Bonchev–Trinajstić information content (AvgIpc) is 2.92. The van der Waals surface area contributed by atoms with E-state index >= 15 is 0 Å². The Bertz CT molecular complexity index is 1260. The van der Waals surface area contributed by atoms with Crippen molar-refractivity contribution in [3.05, 3.63) is 58.1 Å². The molecule has 4 rings (SSSR count). The first-order chi connectivity index (χ1) is 19.5. The number of hydrogen-bond acceptors (Lipinski definition) is 3. The lowest BCUT2D eigenvalue weighted by Gasteiger charge is -2.49. The number of nitrogens with zero attached hydrogens (tertiary/aromatic N) is 1. The van der Waals surface area contributed by atoms with Crippen LogP contribution in [0.1, 0.15) is 128 Å². The molecule has 3 amide bonds. The molecule has 2 aromatic rings. The number of urea groups is 1. The van der Waals surface area contributed by atoms with Gasteiger partial charge in [0.25, 0.3) is 5.91 Å². The van der Waals surface area contributed by atoms with E-state index in [9.17, 15) is 9.59 Å². The number of amides is 3. The molecule has 0 heterocycles. The molecule has 2 aromatic carbocycles. The summed E-state index contributed by atoms with van der Waals surface area (Å²) in [5.74, 6) is -0.112. The van der Waals surface area contributed by atoms with E-state index in [-0.39, 0.29) is 33.6 Å². The third kappa shape index (κ3) is 6.39. The zero-order valence-corrected chi connectivity index (χ0v) is 27.8. The third-order valence-corrected chi connectivity index (χ3v) is 10.1. The second kappa shape index (κ2) is 11.7. The lowest BCUT2D eigenvalue weighted by molar-refractivity contribution is 0.102. The van der Waals surface area contributed by atoms with Gasteiger partial charge in [-0.3, -0.25) is 4.79 Å². The minimum absolute atomic E-state index is 0.0380. The number of fused-ring (bicyclic) bond motifs is 2. The van der Waals surface area contributed by atoms with Gasteiger partial charge in [-0.05, 0) is 107 Å². The Morgan fingerprint density at radius 2 is 1.19 bits per heavy atom. The van der Waals surface area contributed by atoms with Crippen LogP contribution in [-0.2, 0) is 21.7 Å². The summed E-state index contributed by atoms with van der Waals surface area (Å²) in [5, 5.41) is 9.27. The maximum absolute atomic E-state index is 13.9. The van der Waals surface area contributed by atoms with Crippen LogP contribution in [0.5, 0.6) is 0 Å². The summed E-state index contributed by atoms with van der Waals surface area (Å²) in [4.78, 5) is 28.6. The van der Waals surface area contributed by atoms with Crippen molar-refractivity contribution < 1.29 is 9.59 Å². The van der Waals surface area contributed by atoms with Crippen LogP contribution >= 0.6 is 0 Å². The second-order valence-corrected chi connectivity index (χ2v) is 15.1. The second-order valence-electron chi connectivity index (χ2n) is 15.1. The van der Waals surface area contributed by atoms with Gasteiger partial charge in [0.2, 0.25) is 0 Å². The highest BCUT2D eigenvalue weighted by Gasteiger charge is 2.46. The molecule has 0 aliphatic heterocycles. The molecule has 0 aromatic heterocycles. The van der Waals surface area contributed by atoms with Crippen LogP contribution in [0.4, 0.5) is 16.2 Å². The Labute approximate surface area is 254 Å². The number of rotatable bonds is 8. The summed E-state index contributed by atoms with van der Waals surface area (Å²) < 4.78 is 0. The van der Waals surface area contributed by atoms with Crippen LogP contribution in [-0.4, -0.2) is 43.0 Å². The summed E-state index contributed by atoms with van der Waals surface area (Å²) >= 11 is 0. The van der Waals surface area contributed by atoms with Crippen LogP contribution in [0.15, 0.2) is 30.3 Å². The molecular formula is C36H54N4O2. The fourth-order valence-electron chi connectivity index (χ4n) is 6.98. The number of anilines is 2. The minimum Gasteiger partial charge on any atom is -0.337 e. The van der Waals surface area contributed by atoms with E-state index in [0.29, 0.717) is 17.8 Å². The van der Waals surface area contributed by atoms with Crippen LogP contribution in [0.2, 0.25) is 0 Å². The predicted molar refractivity (Wildman–Crippen MR) is 176 cm³/mol. The molecule has 0 fully saturated rings. The van der Waals surface area contributed by atoms with Gasteiger partial charge in [0.1, 0.15) is 0 Å². The molecule has 42 heavy (non-hydrogen) atoms. The molecule has 3 N–H and O–H groups in total. The van der Waals surface area contributed by atoms with Gasteiger partial charge in [0, 0.05) is 30.0 Å². The summed E-state index contributed by atoms with van der Waals surface area (Å²) in [5.41, 5.74) is 7.61. The number of nitrogens with one attached hydrogen (secondary N) is 3. The Morgan fingerprint density at radius 3 is 1.67 bits per heavy atom. The molecule has 6 heteroatoms. The first-order valence-corrected chi connectivity index (χ1v) is 15.9. The molecular weight excluding hydrogens is 520 g/mol. The maximum Gasteiger partial charge on any atom is 0.319 e. The van der Waals surface area contributed by atoms with Gasteiger partial charge in [-0.25, -0.2) is 4.79 Å². The smallest absolute Gasteiger partial charge is 0.319 e. The molecule has 2 aliphatic carbocycles. The average molecular weight is 575 g/mol. The Kier molecular flexibility index (Phi) is 8.91. The highest BCUT2D eigenvalue weighted by molar-refractivity contribution is 6.06. The normalized spacial score (nSPS) is 19.4. The van der Waals surface area contributed by atoms with Gasteiger partial charge in [-0.1, -0.05) is 75.3 Å². The molecule has 0 saturated carbocycles. The number of carbonyl (C=O) groups excluding carboxylic acids is 2. The van der Waals surface area contributed by atoms with Crippen molar-refractivity contribution in [2.45, 2.75) is 117 Å². The quantitative estimate of drug-likeness (QED) is 0.298.